The maximum atomic E-state index is 12.1. The van der Waals surface area contributed by atoms with Gasteiger partial charge in [-0.25, -0.2) is 4.79 Å². The minimum Gasteiger partial charge on any atom is -0.496 e. The molecule has 0 heterocycles. The van der Waals surface area contributed by atoms with Crippen LogP contribution in [0.1, 0.15) is 15.9 Å². The van der Waals surface area contributed by atoms with Crippen LogP contribution in [0.15, 0.2) is 36.4 Å². The van der Waals surface area contributed by atoms with E-state index in [1.165, 1.54) is 26.4 Å². The van der Waals surface area contributed by atoms with Crippen molar-refractivity contribution in [2.45, 2.75) is 6.92 Å². The van der Waals surface area contributed by atoms with E-state index in [0.29, 0.717) is 11.4 Å². The number of anilines is 1. The third-order valence-electron chi connectivity index (χ3n) is 3.36. The zero-order chi connectivity index (χ0) is 18.4. The molecule has 0 fully saturated rings. The van der Waals surface area contributed by atoms with Gasteiger partial charge < -0.3 is 19.5 Å². The average Bonchev–Trinajstić information content (AvgIpc) is 2.62. The summed E-state index contributed by atoms with van der Waals surface area (Å²) in [4.78, 5) is 23.7. The number of carbonyl (C=O) groups is 2. The highest BCUT2D eigenvalue weighted by Gasteiger charge is 2.17. The Kier molecular flexibility index (Phi) is 6.25. The first-order valence-corrected chi connectivity index (χ1v) is 7.77. The third kappa shape index (κ3) is 4.87. The first kappa shape index (κ1) is 18.6. The van der Waals surface area contributed by atoms with Crippen LogP contribution in [-0.4, -0.2) is 32.7 Å². The predicted molar refractivity (Wildman–Crippen MR) is 94.6 cm³/mol. The molecule has 2 aromatic rings. The van der Waals surface area contributed by atoms with Gasteiger partial charge >= 0.3 is 5.97 Å². The Morgan fingerprint density at radius 3 is 2.40 bits per heavy atom. The Bertz CT molecular complexity index is 774. The van der Waals surface area contributed by atoms with E-state index >= 15 is 0 Å². The van der Waals surface area contributed by atoms with Crippen LogP contribution in [0.3, 0.4) is 0 Å². The molecule has 1 N–H and O–H groups in total. The van der Waals surface area contributed by atoms with Crippen molar-refractivity contribution in [3.05, 3.63) is 52.5 Å². The molecule has 0 unspecified atom stereocenters. The highest BCUT2D eigenvalue weighted by Crippen LogP contribution is 2.31. The van der Waals surface area contributed by atoms with Gasteiger partial charge in [-0.2, -0.15) is 0 Å². The molecule has 0 aromatic heterocycles. The number of rotatable bonds is 6. The van der Waals surface area contributed by atoms with Gasteiger partial charge in [0.15, 0.2) is 6.61 Å². The van der Waals surface area contributed by atoms with Crippen LogP contribution in [0, 0.1) is 6.92 Å². The van der Waals surface area contributed by atoms with Crippen molar-refractivity contribution in [3.8, 4) is 11.5 Å². The number of amides is 1. The molecular weight excluding hydrogens is 346 g/mol. The number of nitrogens with one attached hydrogen (secondary N) is 1. The van der Waals surface area contributed by atoms with Crippen LogP contribution >= 0.6 is 11.6 Å². The van der Waals surface area contributed by atoms with Gasteiger partial charge in [-0.1, -0.05) is 29.3 Å². The molecular formula is C18H18ClNO5. The molecule has 0 aliphatic heterocycles. The van der Waals surface area contributed by atoms with E-state index in [1.807, 2.05) is 19.1 Å². The van der Waals surface area contributed by atoms with Crippen molar-refractivity contribution in [2.75, 3.05) is 26.1 Å². The van der Waals surface area contributed by atoms with Crippen LogP contribution in [-0.2, 0) is 9.53 Å². The standard InChI is InChI=1S/C18H18ClNO5/c1-11-4-6-12(7-5-11)25-10-17(21)20-15-9-16(23-2)13(8-14(15)19)18(22)24-3/h4-9H,10H2,1-3H3,(H,20,21). The fourth-order valence-corrected chi connectivity index (χ4v) is 2.27. The quantitative estimate of drug-likeness (QED) is 0.795. The topological polar surface area (TPSA) is 73.9 Å². The minimum atomic E-state index is -0.584. The van der Waals surface area contributed by atoms with Crippen LogP contribution in [0.4, 0.5) is 5.69 Å². The van der Waals surface area contributed by atoms with Crippen molar-refractivity contribution >= 4 is 29.2 Å². The summed E-state index contributed by atoms with van der Waals surface area (Å²) in [6.07, 6.45) is 0. The van der Waals surface area contributed by atoms with Crippen LogP contribution in [0.2, 0.25) is 5.02 Å². The van der Waals surface area contributed by atoms with Crippen molar-refractivity contribution in [1.29, 1.82) is 0 Å². The zero-order valence-electron chi connectivity index (χ0n) is 14.1. The predicted octanol–water partition coefficient (Wildman–Crippen LogP) is 3.46. The smallest absolute Gasteiger partial charge is 0.341 e. The van der Waals surface area contributed by atoms with Gasteiger partial charge in [0.25, 0.3) is 5.91 Å². The SMILES string of the molecule is COC(=O)c1cc(Cl)c(NC(=O)COc2ccc(C)cc2)cc1OC. The number of carbonyl (C=O) groups excluding carboxylic acids is 2. The summed E-state index contributed by atoms with van der Waals surface area (Å²) in [6.45, 7) is 1.78. The number of ether oxygens (including phenoxy) is 3. The number of hydrogen-bond donors (Lipinski definition) is 1. The lowest BCUT2D eigenvalue weighted by atomic mass is 10.1. The van der Waals surface area contributed by atoms with E-state index < -0.39 is 11.9 Å². The van der Waals surface area contributed by atoms with Gasteiger partial charge in [0, 0.05) is 6.07 Å². The highest BCUT2D eigenvalue weighted by molar-refractivity contribution is 6.34. The molecule has 0 aliphatic carbocycles. The van der Waals surface area contributed by atoms with Gasteiger partial charge in [0.2, 0.25) is 0 Å². The normalized spacial score (nSPS) is 10.1. The maximum absolute atomic E-state index is 12.1. The maximum Gasteiger partial charge on any atom is 0.341 e. The first-order valence-electron chi connectivity index (χ1n) is 7.39. The van der Waals surface area contributed by atoms with Crippen LogP contribution < -0.4 is 14.8 Å². The molecule has 0 spiro atoms. The largest absolute Gasteiger partial charge is 0.496 e. The molecule has 0 saturated heterocycles. The van der Waals surface area contributed by atoms with Gasteiger partial charge in [-0.3, -0.25) is 4.79 Å². The molecule has 2 rings (SSSR count). The van der Waals surface area contributed by atoms with Crippen molar-refractivity contribution < 1.29 is 23.8 Å². The summed E-state index contributed by atoms with van der Waals surface area (Å²) >= 11 is 6.12. The number of esters is 1. The lowest BCUT2D eigenvalue weighted by Gasteiger charge is -2.13. The average molecular weight is 364 g/mol. The summed E-state index contributed by atoms with van der Waals surface area (Å²) in [5.41, 5.74) is 1.58. The zero-order valence-corrected chi connectivity index (χ0v) is 14.8. The van der Waals surface area contributed by atoms with Crippen molar-refractivity contribution in [3.63, 3.8) is 0 Å². The summed E-state index contributed by atoms with van der Waals surface area (Å²) < 4.78 is 15.2. The number of hydrogen-bond acceptors (Lipinski definition) is 5. The van der Waals surface area contributed by atoms with E-state index in [9.17, 15) is 9.59 Å². The van der Waals surface area contributed by atoms with Crippen molar-refractivity contribution in [2.24, 2.45) is 0 Å². The summed E-state index contributed by atoms with van der Waals surface area (Å²) in [5, 5.41) is 2.81. The molecule has 132 valence electrons. The molecule has 7 heteroatoms. The lowest BCUT2D eigenvalue weighted by Crippen LogP contribution is -2.20. The number of benzene rings is 2. The fourth-order valence-electron chi connectivity index (χ4n) is 2.06. The fraction of sp³-hybridized carbons (Fsp3) is 0.222. The summed E-state index contributed by atoms with van der Waals surface area (Å²) in [5.74, 6) is -0.147. The van der Waals surface area contributed by atoms with E-state index in [-0.39, 0.29) is 22.9 Å². The molecule has 0 atom stereocenters. The molecule has 2 aromatic carbocycles. The van der Waals surface area contributed by atoms with Gasteiger partial charge in [0.1, 0.15) is 17.1 Å². The second-order valence-corrected chi connectivity index (χ2v) is 5.58. The number of halogens is 1. The molecule has 6 nitrogen and oxygen atoms in total. The molecule has 0 saturated carbocycles. The Hall–Kier alpha value is -2.73. The van der Waals surface area contributed by atoms with Crippen LogP contribution in [0.5, 0.6) is 11.5 Å². The second kappa shape index (κ2) is 8.39. The summed E-state index contributed by atoms with van der Waals surface area (Å²) in [7, 11) is 2.66. The molecule has 0 radical (unpaired) electrons. The second-order valence-electron chi connectivity index (χ2n) is 5.17. The number of methoxy groups -OCH3 is 2. The van der Waals surface area contributed by atoms with Gasteiger partial charge in [-0.05, 0) is 25.1 Å². The lowest BCUT2D eigenvalue weighted by molar-refractivity contribution is -0.118. The van der Waals surface area contributed by atoms with E-state index in [1.54, 1.807) is 12.1 Å². The van der Waals surface area contributed by atoms with Crippen molar-refractivity contribution in [1.82, 2.24) is 0 Å². The molecule has 1 amide bonds. The monoisotopic (exact) mass is 363 g/mol. The Balaban J connectivity index is 2.07. The Morgan fingerprint density at radius 2 is 1.80 bits per heavy atom. The third-order valence-corrected chi connectivity index (χ3v) is 3.67. The minimum absolute atomic E-state index is 0.170. The van der Waals surface area contributed by atoms with E-state index in [2.05, 4.69) is 10.1 Å². The molecule has 25 heavy (non-hydrogen) atoms. The van der Waals surface area contributed by atoms with Gasteiger partial charge in [0.05, 0.1) is 24.9 Å². The van der Waals surface area contributed by atoms with Crippen LogP contribution in [0.25, 0.3) is 0 Å². The molecule has 0 bridgehead atoms. The Morgan fingerprint density at radius 1 is 1.12 bits per heavy atom. The highest BCUT2D eigenvalue weighted by atomic mass is 35.5. The first-order chi connectivity index (χ1) is 11.9. The Labute approximate surface area is 150 Å². The van der Waals surface area contributed by atoms with E-state index in [4.69, 9.17) is 21.1 Å². The molecule has 0 aliphatic rings. The number of aryl methyl sites for hydroxylation is 1. The van der Waals surface area contributed by atoms with Gasteiger partial charge in [-0.15, -0.1) is 0 Å². The summed E-state index contributed by atoms with van der Waals surface area (Å²) in [6, 6.07) is 10.2. The van der Waals surface area contributed by atoms with E-state index in [0.717, 1.165) is 5.56 Å².